The molecule has 0 saturated heterocycles. The maximum atomic E-state index is 12.1. The molecular formula is C21H21N5O4. The molecule has 0 saturated carbocycles. The molecule has 9 heteroatoms. The van der Waals surface area contributed by atoms with Crippen molar-refractivity contribution >= 4 is 34.7 Å². The second kappa shape index (κ2) is 8.16. The lowest BCUT2D eigenvalue weighted by molar-refractivity contribution is 0.0601. The number of nitrogen functional groups attached to an aromatic ring is 1. The molecule has 0 amide bonds. The number of nitrogens with one attached hydrogen (secondary N) is 1. The van der Waals surface area contributed by atoms with Crippen LogP contribution in [0.5, 0.6) is 11.5 Å². The van der Waals surface area contributed by atoms with E-state index in [1.165, 1.54) is 13.4 Å². The molecule has 30 heavy (non-hydrogen) atoms. The standard InChI is InChI=1S/C21H21N5O4/c1-26(15-6-4-3-5-14(15)21(27)28-2)20-18(22)19(23-12-24-20)25-13-7-8-16-17(11-13)30-10-9-29-16/h3-8,11-12H,9-10,22H2,1-2H3,(H,23,24,25). The van der Waals surface area contributed by atoms with Gasteiger partial charge in [0.15, 0.2) is 23.1 Å². The summed E-state index contributed by atoms with van der Waals surface area (Å²) in [5.74, 6) is 1.78. The van der Waals surface area contributed by atoms with Gasteiger partial charge in [-0.2, -0.15) is 0 Å². The minimum Gasteiger partial charge on any atom is -0.486 e. The largest absolute Gasteiger partial charge is 0.486 e. The van der Waals surface area contributed by atoms with Crippen LogP contribution in [0.15, 0.2) is 48.8 Å². The Hall–Kier alpha value is -4.01. The molecule has 0 unspecified atom stereocenters. The number of hydrogen-bond donors (Lipinski definition) is 2. The molecule has 0 bridgehead atoms. The average Bonchev–Trinajstić information content (AvgIpc) is 2.79. The predicted molar refractivity (Wildman–Crippen MR) is 113 cm³/mol. The normalized spacial score (nSPS) is 12.2. The third kappa shape index (κ3) is 3.64. The summed E-state index contributed by atoms with van der Waals surface area (Å²) in [6.07, 6.45) is 1.41. The SMILES string of the molecule is COC(=O)c1ccccc1N(C)c1ncnc(Nc2ccc3c(c2)OCCO3)c1N. The molecule has 1 aliphatic heterocycles. The molecular weight excluding hydrogens is 386 g/mol. The Morgan fingerprint density at radius 2 is 1.90 bits per heavy atom. The smallest absolute Gasteiger partial charge is 0.339 e. The van der Waals surface area contributed by atoms with Gasteiger partial charge < -0.3 is 30.2 Å². The Bertz CT molecular complexity index is 1090. The van der Waals surface area contributed by atoms with Crippen molar-refractivity contribution in [3.8, 4) is 11.5 Å². The second-order valence-corrected chi connectivity index (χ2v) is 6.51. The summed E-state index contributed by atoms with van der Waals surface area (Å²) >= 11 is 0. The van der Waals surface area contributed by atoms with E-state index in [-0.39, 0.29) is 0 Å². The van der Waals surface area contributed by atoms with Crippen molar-refractivity contribution in [3.63, 3.8) is 0 Å². The van der Waals surface area contributed by atoms with Crippen LogP contribution in [0, 0.1) is 0 Å². The van der Waals surface area contributed by atoms with Crippen LogP contribution >= 0.6 is 0 Å². The highest BCUT2D eigenvalue weighted by molar-refractivity contribution is 5.97. The zero-order valence-electron chi connectivity index (χ0n) is 16.6. The first-order chi connectivity index (χ1) is 14.6. The van der Waals surface area contributed by atoms with Crippen LogP contribution in [-0.2, 0) is 4.74 Å². The summed E-state index contributed by atoms with van der Waals surface area (Å²) in [5.41, 5.74) is 8.45. The third-order valence-electron chi connectivity index (χ3n) is 4.66. The first-order valence-corrected chi connectivity index (χ1v) is 9.26. The van der Waals surface area contributed by atoms with Crippen molar-refractivity contribution in [1.29, 1.82) is 0 Å². The summed E-state index contributed by atoms with van der Waals surface area (Å²) in [4.78, 5) is 22.4. The number of carbonyl (C=O) groups excluding carboxylic acids is 1. The molecule has 3 aromatic rings. The van der Waals surface area contributed by atoms with Gasteiger partial charge in [-0.3, -0.25) is 0 Å². The van der Waals surface area contributed by atoms with Crippen LogP contribution in [0.4, 0.5) is 28.7 Å². The number of nitrogens with zero attached hydrogens (tertiary/aromatic N) is 3. The van der Waals surface area contributed by atoms with Crippen molar-refractivity contribution in [2.45, 2.75) is 0 Å². The lowest BCUT2D eigenvalue weighted by Gasteiger charge is -2.23. The van der Waals surface area contributed by atoms with E-state index in [1.807, 2.05) is 24.3 Å². The van der Waals surface area contributed by atoms with Gasteiger partial charge in [0, 0.05) is 18.8 Å². The van der Waals surface area contributed by atoms with Crippen LogP contribution in [0.25, 0.3) is 0 Å². The Balaban J connectivity index is 1.65. The van der Waals surface area contributed by atoms with E-state index in [2.05, 4.69) is 15.3 Å². The number of nitrogens with two attached hydrogens (primary N) is 1. The van der Waals surface area contributed by atoms with Crippen LogP contribution in [0.3, 0.4) is 0 Å². The number of benzene rings is 2. The molecule has 0 aliphatic carbocycles. The topological polar surface area (TPSA) is 112 Å². The lowest BCUT2D eigenvalue weighted by Crippen LogP contribution is -2.18. The van der Waals surface area contributed by atoms with Gasteiger partial charge in [-0.05, 0) is 24.3 Å². The molecule has 154 valence electrons. The fraction of sp³-hybridized carbons (Fsp3) is 0.190. The Labute approximate surface area is 173 Å². The monoisotopic (exact) mass is 407 g/mol. The van der Waals surface area contributed by atoms with Gasteiger partial charge in [0.1, 0.15) is 25.2 Å². The average molecular weight is 407 g/mol. The zero-order chi connectivity index (χ0) is 21.1. The van der Waals surface area contributed by atoms with Gasteiger partial charge in [-0.1, -0.05) is 12.1 Å². The van der Waals surface area contributed by atoms with Crippen LogP contribution in [0.1, 0.15) is 10.4 Å². The minimum atomic E-state index is -0.445. The molecule has 0 atom stereocenters. The van der Waals surface area contributed by atoms with Crippen LogP contribution in [-0.4, -0.2) is 43.3 Å². The Morgan fingerprint density at radius 3 is 2.70 bits per heavy atom. The van der Waals surface area contributed by atoms with Gasteiger partial charge in [-0.15, -0.1) is 0 Å². The first kappa shape index (κ1) is 19.3. The van der Waals surface area contributed by atoms with Gasteiger partial charge in [-0.25, -0.2) is 14.8 Å². The number of ether oxygens (including phenoxy) is 3. The zero-order valence-corrected chi connectivity index (χ0v) is 16.6. The number of esters is 1. The molecule has 9 nitrogen and oxygen atoms in total. The van der Waals surface area contributed by atoms with Crippen molar-refractivity contribution in [2.75, 3.05) is 43.3 Å². The minimum absolute atomic E-state index is 0.328. The number of para-hydroxylation sites is 1. The van der Waals surface area contributed by atoms with E-state index in [0.29, 0.717) is 53.3 Å². The van der Waals surface area contributed by atoms with Gasteiger partial charge in [0.25, 0.3) is 0 Å². The molecule has 4 rings (SSSR count). The van der Waals surface area contributed by atoms with Gasteiger partial charge >= 0.3 is 5.97 Å². The molecule has 3 N–H and O–H groups in total. The van der Waals surface area contributed by atoms with E-state index < -0.39 is 5.97 Å². The number of anilines is 5. The fourth-order valence-electron chi connectivity index (χ4n) is 3.17. The quantitative estimate of drug-likeness (QED) is 0.616. The van der Waals surface area contributed by atoms with Crippen molar-refractivity contribution in [2.24, 2.45) is 0 Å². The molecule has 2 heterocycles. The third-order valence-corrected chi connectivity index (χ3v) is 4.66. The number of rotatable bonds is 5. The predicted octanol–water partition coefficient (Wildman–Crippen LogP) is 3.13. The molecule has 1 aliphatic rings. The number of fused-ring (bicyclic) bond motifs is 1. The number of carbonyl (C=O) groups is 1. The van der Waals surface area contributed by atoms with Gasteiger partial charge in [0.2, 0.25) is 0 Å². The highest BCUT2D eigenvalue weighted by atomic mass is 16.6. The van der Waals surface area contributed by atoms with Gasteiger partial charge in [0.05, 0.1) is 18.4 Å². The summed E-state index contributed by atoms with van der Waals surface area (Å²) in [6, 6.07) is 12.6. The maximum Gasteiger partial charge on any atom is 0.339 e. The molecule has 0 spiro atoms. The number of hydrogen-bond acceptors (Lipinski definition) is 9. The molecule has 2 aromatic carbocycles. The summed E-state index contributed by atoms with van der Waals surface area (Å²) in [5, 5.41) is 3.19. The van der Waals surface area contributed by atoms with Crippen molar-refractivity contribution in [1.82, 2.24) is 9.97 Å². The van der Waals surface area contributed by atoms with Crippen LogP contribution in [0.2, 0.25) is 0 Å². The second-order valence-electron chi connectivity index (χ2n) is 6.51. The first-order valence-electron chi connectivity index (χ1n) is 9.26. The van der Waals surface area contributed by atoms with E-state index in [9.17, 15) is 4.79 Å². The lowest BCUT2D eigenvalue weighted by atomic mass is 10.1. The molecule has 0 fully saturated rings. The number of aromatic nitrogens is 2. The van der Waals surface area contributed by atoms with E-state index in [4.69, 9.17) is 19.9 Å². The highest BCUT2D eigenvalue weighted by Crippen LogP contribution is 2.36. The van der Waals surface area contributed by atoms with Crippen molar-refractivity contribution < 1.29 is 19.0 Å². The van der Waals surface area contributed by atoms with Crippen molar-refractivity contribution in [3.05, 3.63) is 54.4 Å². The highest BCUT2D eigenvalue weighted by Gasteiger charge is 2.20. The maximum absolute atomic E-state index is 12.1. The summed E-state index contributed by atoms with van der Waals surface area (Å²) in [7, 11) is 3.11. The Kier molecular flexibility index (Phi) is 5.25. The molecule has 0 radical (unpaired) electrons. The van der Waals surface area contributed by atoms with E-state index in [1.54, 1.807) is 30.1 Å². The molecule has 1 aromatic heterocycles. The summed E-state index contributed by atoms with van der Waals surface area (Å²) < 4.78 is 16.0. The van der Waals surface area contributed by atoms with E-state index in [0.717, 1.165) is 5.69 Å². The fourth-order valence-corrected chi connectivity index (χ4v) is 3.17. The van der Waals surface area contributed by atoms with E-state index >= 15 is 0 Å². The summed E-state index contributed by atoms with van der Waals surface area (Å²) in [6.45, 7) is 1.03. The Morgan fingerprint density at radius 1 is 1.13 bits per heavy atom. The van der Waals surface area contributed by atoms with Crippen LogP contribution < -0.4 is 25.4 Å². The number of methoxy groups -OCH3 is 1.